The summed E-state index contributed by atoms with van der Waals surface area (Å²) in [6.45, 7) is 0.863. The first-order valence-electron chi connectivity index (χ1n) is 2.88. The minimum atomic E-state index is -0.886. The normalized spacial score (nSPS) is 25.7. The Bertz CT molecular complexity index is 136. The lowest BCUT2D eigenvalue weighted by molar-refractivity contribution is -0.117. The highest BCUT2D eigenvalue weighted by molar-refractivity contribution is 8.00. The molecule has 1 aliphatic rings. The molecular formula is C5H7Cl2NOS. The van der Waals surface area contributed by atoms with Gasteiger partial charge in [0.05, 0.1) is 0 Å². The van der Waals surface area contributed by atoms with Gasteiger partial charge in [-0.15, -0.1) is 11.8 Å². The zero-order valence-electron chi connectivity index (χ0n) is 5.14. The summed E-state index contributed by atoms with van der Waals surface area (Å²) < 4.78 is 0. The number of hydrogen-bond donors (Lipinski definition) is 1. The molecular weight excluding hydrogens is 193 g/mol. The third-order valence-electron chi connectivity index (χ3n) is 1.19. The molecule has 1 aliphatic heterocycles. The summed E-state index contributed by atoms with van der Waals surface area (Å²) in [5.41, 5.74) is 0. The summed E-state index contributed by atoms with van der Waals surface area (Å²) in [5, 5.41) is 2.80. The van der Waals surface area contributed by atoms with Gasteiger partial charge in [0.2, 0.25) is 0 Å². The SMILES string of the molecule is O=C(C(Cl)Cl)C1NCCS1. The fourth-order valence-corrected chi connectivity index (χ4v) is 2.13. The molecule has 5 heteroatoms. The number of carbonyl (C=O) groups excluding carboxylic acids is 1. The maximum atomic E-state index is 11.0. The van der Waals surface area contributed by atoms with Gasteiger partial charge in [-0.2, -0.15) is 0 Å². The number of carbonyl (C=O) groups is 1. The highest BCUT2D eigenvalue weighted by Crippen LogP contribution is 2.18. The van der Waals surface area contributed by atoms with Crippen LogP contribution in [0.1, 0.15) is 0 Å². The monoisotopic (exact) mass is 199 g/mol. The van der Waals surface area contributed by atoms with Gasteiger partial charge in [-0.05, 0) is 0 Å². The molecule has 1 rings (SSSR count). The second-order valence-electron chi connectivity index (χ2n) is 1.91. The van der Waals surface area contributed by atoms with E-state index < -0.39 is 4.84 Å². The molecule has 0 spiro atoms. The van der Waals surface area contributed by atoms with Crippen LogP contribution < -0.4 is 5.32 Å². The van der Waals surface area contributed by atoms with Gasteiger partial charge in [0.1, 0.15) is 5.37 Å². The van der Waals surface area contributed by atoms with Gasteiger partial charge in [0.25, 0.3) is 0 Å². The van der Waals surface area contributed by atoms with Gasteiger partial charge >= 0.3 is 0 Å². The second-order valence-corrected chi connectivity index (χ2v) is 4.22. The second kappa shape index (κ2) is 3.81. The summed E-state index contributed by atoms with van der Waals surface area (Å²) in [6.07, 6.45) is 0. The van der Waals surface area contributed by atoms with Crippen LogP contribution in [0.15, 0.2) is 0 Å². The Labute approximate surface area is 73.6 Å². The summed E-state index contributed by atoms with van der Waals surface area (Å²) in [7, 11) is 0. The predicted octanol–water partition coefficient (Wildman–Crippen LogP) is 1.02. The highest BCUT2D eigenvalue weighted by Gasteiger charge is 2.26. The van der Waals surface area contributed by atoms with Crippen LogP contribution in [0.2, 0.25) is 0 Å². The van der Waals surface area contributed by atoms with Crippen molar-refractivity contribution in [3.63, 3.8) is 0 Å². The summed E-state index contributed by atoms with van der Waals surface area (Å²) in [6, 6.07) is 0. The van der Waals surface area contributed by atoms with E-state index in [1.807, 2.05) is 0 Å². The molecule has 1 heterocycles. The Hall–Kier alpha value is 0.560. The Kier molecular flexibility index (Phi) is 3.30. The van der Waals surface area contributed by atoms with E-state index in [9.17, 15) is 4.79 Å². The van der Waals surface area contributed by atoms with E-state index in [0.29, 0.717) is 0 Å². The largest absolute Gasteiger partial charge is 0.298 e. The number of halogens is 2. The molecule has 1 atom stereocenters. The predicted molar refractivity (Wildman–Crippen MR) is 44.7 cm³/mol. The van der Waals surface area contributed by atoms with Crippen molar-refractivity contribution in [2.24, 2.45) is 0 Å². The molecule has 0 aromatic rings. The highest BCUT2D eigenvalue weighted by atomic mass is 35.5. The van der Waals surface area contributed by atoms with Crippen LogP contribution in [0, 0.1) is 0 Å². The van der Waals surface area contributed by atoms with Gasteiger partial charge in [-0.25, -0.2) is 0 Å². The lowest BCUT2D eigenvalue weighted by Gasteiger charge is -2.07. The van der Waals surface area contributed by atoms with E-state index in [4.69, 9.17) is 23.2 Å². The Balaban J connectivity index is 2.40. The van der Waals surface area contributed by atoms with Crippen LogP contribution >= 0.6 is 35.0 Å². The molecule has 1 unspecified atom stereocenters. The molecule has 0 amide bonds. The third kappa shape index (κ3) is 2.02. The lowest BCUT2D eigenvalue weighted by Crippen LogP contribution is -2.32. The minimum absolute atomic E-state index is 0.133. The van der Waals surface area contributed by atoms with Crippen LogP contribution in [0.25, 0.3) is 0 Å². The molecule has 0 bridgehead atoms. The van der Waals surface area contributed by atoms with E-state index in [1.54, 1.807) is 11.8 Å². The van der Waals surface area contributed by atoms with E-state index in [2.05, 4.69) is 5.32 Å². The molecule has 1 fully saturated rings. The zero-order chi connectivity index (χ0) is 7.56. The van der Waals surface area contributed by atoms with Crippen molar-refractivity contribution in [1.82, 2.24) is 5.32 Å². The van der Waals surface area contributed by atoms with Gasteiger partial charge in [-0.1, -0.05) is 23.2 Å². The van der Waals surface area contributed by atoms with Crippen molar-refractivity contribution in [2.75, 3.05) is 12.3 Å². The van der Waals surface area contributed by atoms with Crippen molar-refractivity contribution in [3.8, 4) is 0 Å². The number of alkyl halides is 2. The molecule has 10 heavy (non-hydrogen) atoms. The van der Waals surface area contributed by atoms with Crippen molar-refractivity contribution < 1.29 is 4.79 Å². The lowest BCUT2D eigenvalue weighted by atomic mass is 10.4. The van der Waals surface area contributed by atoms with Gasteiger partial charge in [-0.3, -0.25) is 10.1 Å². The van der Waals surface area contributed by atoms with Crippen molar-refractivity contribution in [1.29, 1.82) is 0 Å². The maximum Gasteiger partial charge on any atom is 0.192 e. The van der Waals surface area contributed by atoms with Crippen LogP contribution in [0.4, 0.5) is 0 Å². The Morgan fingerprint density at radius 2 is 2.40 bits per heavy atom. The standard InChI is InChI=1S/C5H7Cl2NOS/c6-4(7)3(9)5-8-1-2-10-5/h4-5,8H,1-2H2. The van der Waals surface area contributed by atoms with Crippen LogP contribution in [0.5, 0.6) is 0 Å². The number of ketones is 1. The van der Waals surface area contributed by atoms with Crippen molar-refractivity contribution in [2.45, 2.75) is 10.2 Å². The number of hydrogen-bond acceptors (Lipinski definition) is 3. The first-order chi connectivity index (χ1) is 4.72. The van der Waals surface area contributed by atoms with Gasteiger partial charge < -0.3 is 0 Å². The summed E-state index contributed by atoms with van der Waals surface area (Å²) in [5.74, 6) is 0.822. The van der Waals surface area contributed by atoms with Crippen LogP contribution in [0.3, 0.4) is 0 Å². The number of rotatable bonds is 2. The van der Waals surface area contributed by atoms with E-state index in [0.717, 1.165) is 12.3 Å². The Morgan fingerprint density at radius 3 is 2.80 bits per heavy atom. The number of nitrogens with one attached hydrogen (secondary N) is 1. The van der Waals surface area contributed by atoms with E-state index in [1.165, 1.54) is 0 Å². The van der Waals surface area contributed by atoms with Crippen molar-refractivity contribution >= 4 is 40.7 Å². The quantitative estimate of drug-likeness (QED) is 0.675. The minimum Gasteiger partial charge on any atom is -0.298 e. The van der Waals surface area contributed by atoms with E-state index >= 15 is 0 Å². The smallest absolute Gasteiger partial charge is 0.192 e. The molecule has 1 saturated heterocycles. The molecule has 1 N–H and O–H groups in total. The van der Waals surface area contributed by atoms with Crippen LogP contribution in [-0.2, 0) is 4.79 Å². The molecule has 0 aromatic heterocycles. The van der Waals surface area contributed by atoms with Gasteiger partial charge in [0.15, 0.2) is 10.6 Å². The zero-order valence-corrected chi connectivity index (χ0v) is 7.47. The fraction of sp³-hybridized carbons (Fsp3) is 0.800. The average Bonchev–Trinajstić information content (AvgIpc) is 2.36. The Morgan fingerprint density at radius 1 is 1.70 bits per heavy atom. The topological polar surface area (TPSA) is 29.1 Å². The average molecular weight is 200 g/mol. The number of thioether (sulfide) groups is 1. The molecule has 0 saturated carbocycles. The third-order valence-corrected chi connectivity index (χ3v) is 2.79. The fourth-order valence-electron chi connectivity index (χ4n) is 0.723. The molecule has 2 nitrogen and oxygen atoms in total. The van der Waals surface area contributed by atoms with Gasteiger partial charge in [0, 0.05) is 12.3 Å². The first kappa shape index (κ1) is 8.65. The number of Topliss-reactive ketones (excluding diaryl/α,β-unsaturated/α-hetero) is 1. The maximum absolute atomic E-state index is 11.0. The molecule has 0 radical (unpaired) electrons. The van der Waals surface area contributed by atoms with Crippen molar-refractivity contribution in [3.05, 3.63) is 0 Å². The summed E-state index contributed by atoms with van der Waals surface area (Å²) >= 11 is 12.3. The van der Waals surface area contributed by atoms with Crippen LogP contribution in [-0.4, -0.2) is 28.3 Å². The first-order valence-corrected chi connectivity index (χ1v) is 4.81. The molecule has 0 aliphatic carbocycles. The summed E-state index contributed by atoms with van der Waals surface area (Å²) in [4.78, 5) is 10.1. The van der Waals surface area contributed by atoms with E-state index in [-0.39, 0.29) is 11.2 Å². The molecule has 58 valence electrons. The molecule has 0 aromatic carbocycles.